The van der Waals surface area contributed by atoms with E-state index in [1.54, 1.807) is 18.2 Å². The highest BCUT2D eigenvalue weighted by atomic mass is 16.5. The maximum Gasteiger partial charge on any atom is 0.251 e. The Bertz CT molecular complexity index is 917. The number of amides is 2. The first-order valence-corrected chi connectivity index (χ1v) is 11.3. The predicted octanol–water partition coefficient (Wildman–Crippen LogP) is 2.62. The number of hydrogen-bond acceptors (Lipinski definition) is 5. The summed E-state index contributed by atoms with van der Waals surface area (Å²) in [5.41, 5.74) is 8.03. The second-order valence-electron chi connectivity index (χ2n) is 8.23. The van der Waals surface area contributed by atoms with Crippen LogP contribution in [0.15, 0.2) is 54.6 Å². The highest BCUT2D eigenvalue weighted by molar-refractivity contribution is 5.98. The number of hydrogen-bond donors (Lipinski definition) is 3. The van der Waals surface area contributed by atoms with Gasteiger partial charge in [0.1, 0.15) is 12.6 Å². The van der Waals surface area contributed by atoms with Crippen LogP contribution >= 0.6 is 0 Å². The van der Waals surface area contributed by atoms with Crippen molar-refractivity contribution in [1.29, 1.82) is 0 Å². The van der Waals surface area contributed by atoms with Crippen LogP contribution in [0.25, 0.3) is 0 Å². The van der Waals surface area contributed by atoms with Gasteiger partial charge in [0.2, 0.25) is 5.91 Å². The minimum Gasteiger partial charge on any atom is -0.377 e. The lowest BCUT2D eigenvalue weighted by Gasteiger charge is -2.26. The van der Waals surface area contributed by atoms with E-state index in [9.17, 15) is 14.4 Å². The van der Waals surface area contributed by atoms with Crippen LogP contribution in [0.3, 0.4) is 0 Å². The van der Waals surface area contributed by atoms with Gasteiger partial charge in [0.25, 0.3) is 5.91 Å². The summed E-state index contributed by atoms with van der Waals surface area (Å²) in [5.74, 6) is -1.06. The van der Waals surface area contributed by atoms with Gasteiger partial charge >= 0.3 is 0 Å². The molecule has 0 aliphatic carbocycles. The molecule has 0 aliphatic rings. The number of ether oxygens (including phenoxy) is 1. The topological polar surface area (TPSA) is 111 Å². The molecule has 2 amide bonds. The number of aryl methyl sites for hydroxylation is 1. The van der Waals surface area contributed by atoms with Crippen LogP contribution < -0.4 is 16.4 Å². The average Bonchev–Trinajstić information content (AvgIpc) is 2.85. The molecule has 0 heterocycles. The van der Waals surface area contributed by atoms with Crippen molar-refractivity contribution in [2.75, 3.05) is 13.7 Å². The van der Waals surface area contributed by atoms with E-state index in [2.05, 4.69) is 10.6 Å². The summed E-state index contributed by atoms with van der Waals surface area (Å²) in [6.07, 6.45) is 1.76. The van der Waals surface area contributed by atoms with E-state index in [4.69, 9.17) is 10.5 Å². The van der Waals surface area contributed by atoms with E-state index in [1.807, 2.05) is 50.2 Å². The molecule has 0 aromatic heterocycles. The Morgan fingerprint density at radius 1 is 1.00 bits per heavy atom. The van der Waals surface area contributed by atoms with Gasteiger partial charge in [0.15, 0.2) is 5.78 Å². The fourth-order valence-electron chi connectivity index (χ4n) is 3.54. The molecule has 0 saturated heterocycles. The van der Waals surface area contributed by atoms with E-state index in [1.165, 1.54) is 7.11 Å². The van der Waals surface area contributed by atoms with Crippen LogP contribution in [-0.4, -0.2) is 43.4 Å². The molecule has 2 aromatic carbocycles. The maximum atomic E-state index is 13.2. The zero-order valence-corrected chi connectivity index (χ0v) is 19.7. The minimum absolute atomic E-state index is 0.0913. The number of carbonyl (C=O) groups excluding carboxylic acids is 3. The van der Waals surface area contributed by atoms with Crippen LogP contribution in [0, 0.1) is 5.92 Å². The maximum absolute atomic E-state index is 13.2. The monoisotopic (exact) mass is 453 g/mol. The fraction of sp³-hybridized carbons (Fsp3) is 0.423. The number of Topliss-reactive ketones (excluding diaryl/α,β-unsaturated/α-hetero) is 1. The summed E-state index contributed by atoms with van der Waals surface area (Å²) in [5, 5.41) is 5.71. The Morgan fingerprint density at radius 3 is 2.33 bits per heavy atom. The fourth-order valence-corrected chi connectivity index (χ4v) is 3.54. The van der Waals surface area contributed by atoms with E-state index >= 15 is 0 Å². The number of methoxy groups -OCH3 is 1. The Balaban J connectivity index is 2.14. The zero-order valence-electron chi connectivity index (χ0n) is 19.7. The van der Waals surface area contributed by atoms with Gasteiger partial charge in [-0.2, -0.15) is 0 Å². The standard InChI is InChI=1S/C26H35N3O4/c1-4-18(2)24(29-25(31)21-12-8-11-20(15-21)16-27)26(32)28-22(23(30)17-33-3)14-13-19-9-6-5-7-10-19/h5-12,15,18,22,24H,4,13-14,16-17,27H2,1-3H3,(H,28,32)(H,29,31). The van der Waals surface area contributed by atoms with E-state index in [0.29, 0.717) is 31.4 Å². The minimum atomic E-state index is -0.779. The molecule has 3 unspecified atom stereocenters. The van der Waals surface area contributed by atoms with Gasteiger partial charge in [-0.05, 0) is 42.0 Å². The Morgan fingerprint density at radius 2 is 1.70 bits per heavy atom. The number of benzene rings is 2. The molecule has 3 atom stereocenters. The predicted molar refractivity (Wildman–Crippen MR) is 129 cm³/mol. The molecule has 178 valence electrons. The highest BCUT2D eigenvalue weighted by Crippen LogP contribution is 2.13. The smallest absolute Gasteiger partial charge is 0.251 e. The molecule has 0 bridgehead atoms. The van der Waals surface area contributed by atoms with Crippen LogP contribution in [-0.2, 0) is 27.3 Å². The summed E-state index contributed by atoms with van der Waals surface area (Å²) >= 11 is 0. The van der Waals surface area contributed by atoms with E-state index in [0.717, 1.165) is 11.1 Å². The van der Waals surface area contributed by atoms with Gasteiger partial charge < -0.3 is 21.1 Å². The van der Waals surface area contributed by atoms with Gasteiger partial charge in [-0.15, -0.1) is 0 Å². The number of nitrogens with two attached hydrogens (primary N) is 1. The third-order valence-electron chi connectivity index (χ3n) is 5.76. The third-order valence-corrected chi connectivity index (χ3v) is 5.76. The van der Waals surface area contributed by atoms with E-state index < -0.39 is 12.1 Å². The summed E-state index contributed by atoms with van der Waals surface area (Å²) in [4.78, 5) is 38.7. The highest BCUT2D eigenvalue weighted by Gasteiger charge is 2.30. The summed E-state index contributed by atoms with van der Waals surface area (Å²) < 4.78 is 5.01. The second kappa shape index (κ2) is 13.5. The van der Waals surface area contributed by atoms with Gasteiger partial charge in [0, 0.05) is 19.2 Å². The lowest BCUT2D eigenvalue weighted by molar-refractivity contribution is -0.131. The third kappa shape index (κ3) is 8.11. The van der Waals surface area contributed by atoms with Crippen molar-refractivity contribution in [3.63, 3.8) is 0 Å². The number of nitrogens with one attached hydrogen (secondary N) is 2. The quantitative estimate of drug-likeness (QED) is 0.432. The number of ketones is 1. The van der Waals surface area contributed by atoms with Gasteiger partial charge in [-0.1, -0.05) is 62.7 Å². The van der Waals surface area contributed by atoms with Gasteiger partial charge in [-0.25, -0.2) is 0 Å². The number of carbonyl (C=O) groups is 3. The molecule has 0 fully saturated rings. The summed E-state index contributed by atoms with van der Waals surface area (Å²) in [7, 11) is 1.45. The molecule has 2 rings (SSSR count). The molecule has 0 saturated carbocycles. The Kier molecular flexibility index (Phi) is 10.7. The van der Waals surface area contributed by atoms with Crippen molar-refractivity contribution in [2.24, 2.45) is 11.7 Å². The van der Waals surface area contributed by atoms with Crippen molar-refractivity contribution >= 4 is 17.6 Å². The zero-order chi connectivity index (χ0) is 24.2. The Labute approximate surface area is 196 Å². The molecule has 0 radical (unpaired) electrons. The SMILES string of the molecule is CCC(C)C(NC(=O)c1cccc(CN)c1)C(=O)NC(CCc1ccccc1)C(=O)COC. The Hall–Kier alpha value is -3.03. The van der Waals surface area contributed by atoms with Crippen LogP contribution in [0.1, 0.15) is 48.2 Å². The van der Waals surface area contributed by atoms with Crippen LogP contribution in [0.5, 0.6) is 0 Å². The van der Waals surface area contributed by atoms with Gasteiger partial charge in [0.05, 0.1) is 6.04 Å². The lowest BCUT2D eigenvalue weighted by Crippen LogP contribution is -2.54. The first-order chi connectivity index (χ1) is 15.9. The first-order valence-electron chi connectivity index (χ1n) is 11.3. The van der Waals surface area contributed by atoms with Gasteiger partial charge in [-0.3, -0.25) is 14.4 Å². The normalized spacial score (nSPS) is 13.6. The first kappa shape index (κ1) is 26.2. The molecule has 7 heteroatoms. The van der Waals surface area contributed by atoms with Crippen LogP contribution in [0.2, 0.25) is 0 Å². The van der Waals surface area contributed by atoms with Crippen LogP contribution in [0.4, 0.5) is 0 Å². The van der Waals surface area contributed by atoms with Crippen molar-refractivity contribution in [3.8, 4) is 0 Å². The van der Waals surface area contributed by atoms with Crippen molar-refractivity contribution < 1.29 is 19.1 Å². The molecule has 0 spiro atoms. The number of rotatable bonds is 13. The average molecular weight is 454 g/mol. The second-order valence-corrected chi connectivity index (χ2v) is 8.23. The summed E-state index contributed by atoms with van der Waals surface area (Å²) in [6.45, 7) is 4.08. The molecule has 33 heavy (non-hydrogen) atoms. The van der Waals surface area contributed by atoms with Crippen molar-refractivity contribution in [2.45, 2.75) is 51.7 Å². The molecule has 2 aromatic rings. The largest absolute Gasteiger partial charge is 0.377 e. The molecule has 0 aliphatic heterocycles. The molecule has 4 N–H and O–H groups in total. The molecular formula is C26H35N3O4. The molecular weight excluding hydrogens is 418 g/mol. The summed E-state index contributed by atoms with van der Waals surface area (Å²) in [6, 6.07) is 15.3. The van der Waals surface area contributed by atoms with E-state index in [-0.39, 0.29) is 30.1 Å². The van der Waals surface area contributed by atoms with Crippen molar-refractivity contribution in [3.05, 3.63) is 71.3 Å². The lowest BCUT2D eigenvalue weighted by atomic mass is 9.96. The van der Waals surface area contributed by atoms with Crippen molar-refractivity contribution in [1.82, 2.24) is 10.6 Å². The molecule has 7 nitrogen and oxygen atoms in total.